The fraction of sp³-hybridized carbons (Fsp3) is 0.261. The van der Waals surface area contributed by atoms with Crippen molar-refractivity contribution in [3.63, 3.8) is 0 Å². The largest absolute Gasteiger partial charge is 0.460 e. The third-order valence-electron chi connectivity index (χ3n) is 4.24. The number of pyridine rings is 2. The topological polar surface area (TPSA) is 175 Å². The lowest BCUT2D eigenvalue weighted by Gasteiger charge is -2.19. The predicted octanol–water partition coefficient (Wildman–Crippen LogP) is 3.44. The molecule has 0 spiro atoms. The van der Waals surface area contributed by atoms with E-state index in [1.165, 1.54) is 18.7 Å². The Balaban J connectivity index is 0.000000265. The molecule has 4 aromatic heterocycles. The van der Waals surface area contributed by atoms with E-state index in [-0.39, 0.29) is 37.3 Å². The van der Waals surface area contributed by atoms with E-state index in [0.717, 1.165) is 0 Å². The highest BCUT2D eigenvalue weighted by Gasteiger charge is 2.17. The molecule has 0 radical (unpaired) electrons. The molecule has 4 heterocycles. The summed E-state index contributed by atoms with van der Waals surface area (Å²) in [5.41, 5.74) is 7.46. The Morgan fingerprint density at radius 1 is 0.944 bits per heavy atom. The Labute approximate surface area is 212 Å². The monoisotopic (exact) mass is 518 g/mol. The number of aromatic nitrogens is 2. The van der Waals surface area contributed by atoms with Gasteiger partial charge in [0, 0.05) is 18.5 Å². The van der Waals surface area contributed by atoms with Crippen LogP contribution in [0.15, 0.2) is 58.0 Å². The first-order valence-corrected chi connectivity index (χ1v) is 10.6. The second-order valence-corrected chi connectivity index (χ2v) is 8.15. The first-order valence-electron chi connectivity index (χ1n) is 10.6. The third kappa shape index (κ3) is 7.96. The number of nitrogens with zero attached hydrogens (tertiary/aromatic N) is 2. The summed E-state index contributed by atoms with van der Waals surface area (Å²) in [6, 6.07) is 6.76. The SMILES string of the molecule is CC(C)(C)OC(=O)NCC(=O)Nc1ccnc2occc12.Cl.NCC(=O)Nc1ccnc2ccoc12. The maximum absolute atomic E-state index is 11.8. The van der Waals surface area contributed by atoms with Gasteiger partial charge in [-0.05, 0) is 39.0 Å². The molecule has 13 heteroatoms. The Hall–Kier alpha value is -4.16. The molecule has 4 rings (SSSR count). The van der Waals surface area contributed by atoms with Crippen molar-refractivity contribution in [3.05, 3.63) is 49.2 Å². The van der Waals surface area contributed by atoms with Crippen molar-refractivity contribution in [2.24, 2.45) is 5.73 Å². The second kappa shape index (κ2) is 12.5. The standard InChI is InChI=1S/C14H17N3O4.C9H9N3O2.ClH/c1-14(2,3)21-13(19)16-8-11(18)17-10-4-6-15-12-9(10)5-7-20-12;10-5-8(13)12-7-1-3-11-6-2-4-14-9(6)7;/h4-7H,8H2,1-3H3,(H,16,19)(H,15,17,18);1-4H,5,10H2,(H,11,12,13);1H. The zero-order valence-electron chi connectivity index (χ0n) is 19.9. The zero-order chi connectivity index (χ0) is 25.4. The van der Waals surface area contributed by atoms with Crippen molar-refractivity contribution >= 4 is 63.9 Å². The summed E-state index contributed by atoms with van der Waals surface area (Å²) >= 11 is 0. The van der Waals surface area contributed by atoms with Gasteiger partial charge in [-0.2, -0.15) is 0 Å². The number of hydrogen-bond donors (Lipinski definition) is 4. The third-order valence-corrected chi connectivity index (χ3v) is 4.24. The summed E-state index contributed by atoms with van der Waals surface area (Å²) in [7, 11) is 0. The number of ether oxygens (including phenoxy) is 1. The van der Waals surface area contributed by atoms with Crippen molar-refractivity contribution in [2.45, 2.75) is 26.4 Å². The second-order valence-electron chi connectivity index (χ2n) is 8.15. The van der Waals surface area contributed by atoms with E-state index in [9.17, 15) is 14.4 Å². The number of nitrogens with one attached hydrogen (secondary N) is 3. The Bertz CT molecular complexity index is 1330. The lowest BCUT2D eigenvalue weighted by Crippen LogP contribution is -2.37. The number of hydrogen-bond acceptors (Lipinski definition) is 9. The minimum atomic E-state index is -0.638. The van der Waals surface area contributed by atoms with E-state index in [4.69, 9.17) is 19.3 Å². The molecule has 0 bridgehead atoms. The number of alkyl carbamates (subject to hydrolysis) is 1. The normalized spacial score (nSPS) is 10.6. The summed E-state index contributed by atoms with van der Waals surface area (Å²) < 4.78 is 15.4. The zero-order valence-corrected chi connectivity index (χ0v) is 20.7. The molecule has 4 aromatic rings. The number of halogens is 1. The number of carbonyl (C=O) groups excluding carboxylic acids is 3. The molecule has 0 fully saturated rings. The minimum Gasteiger partial charge on any atom is -0.460 e. The summed E-state index contributed by atoms with van der Waals surface area (Å²) in [6.07, 6.45) is 5.51. The Morgan fingerprint density at radius 3 is 2.33 bits per heavy atom. The van der Waals surface area contributed by atoms with Gasteiger partial charge >= 0.3 is 6.09 Å². The van der Waals surface area contributed by atoms with Crippen LogP contribution in [0.5, 0.6) is 0 Å². The molecule has 5 N–H and O–H groups in total. The first-order chi connectivity index (χ1) is 16.7. The average Bonchev–Trinajstić information content (AvgIpc) is 3.47. The van der Waals surface area contributed by atoms with Crippen molar-refractivity contribution in [1.82, 2.24) is 15.3 Å². The Kier molecular flexibility index (Phi) is 9.76. The maximum atomic E-state index is 11.8. The number of rotatable bonds is 5. The van der Waals surface area contributed by atoms with Crippen LogP contribution in [0.25, 0.3) is 22.2 Å². The van der Waals surface area contributed by atoms with Crippen LogP contribution in [-0.4, -0.2) is 46.6 Å². The molecule has 0 aliphatic rings. The highest BCUT2D eigenvalue weighted by Crippen LogP contribution is 2.22. The van der Waals surface area contributed by atoms with E-state index in [0.29, 0.717) is 33.6 Å². The van der Waals surface area contributed by atoms with E-state index in [1.807, 2.05) is 0 Å². The van der Waals surface area contributed by atoms with Gasteiger partial charge in [-0.15, -0.1) is 12.4 Å². The molecule has 0 aliphatic carbocycles. The van der Waals surface area contributed by atoms with Gasteiger partial charge in [0.2, 0.25) is 17.5 Å². The molecular formula is C23H27ClN6O6. The van der Waals surface area contributed by atoms with E-state index < -0.39 is 11.7 Å². The molecule has 3 amide bonds. The quantitative estimate of drug-likeness (QED) is 0.308. The number of carbonyl (C=O) groups is 3. The molecule has 0 saturated heterocycles. The highest BCUT2D eigenvalue weighted by molar-refractivity contribution is 6.01. The van der Waals surface area contributed by atoms with Crippen LogP contribution < -0.4 is 21.7 Å². The van der Waals surface area contributed by atoms with Crippen molar-refractivity contribution < 1.29 is 28.0 Å². The Morgan fingerprint density at radius 2 is 1.61 bits per heavy atom. The number of nitrogens with two attached hydrogens (primary N) is 1. The number of fused-ring (bicyclic) bond motifs is 2. The average molecular weight is 519 g/mol. The van der Waals surface area contributed by atoms with Crippen molar-refractivity contribution in [3.8, 4) is 0 Å². The van der Waals surface area contributed by atoms with Crippen LogP contribution in [0.1, 0.15) is 20.8 Å². The van der Waals surface area contributed by atoms with Gasteiger partial charge in [0.15, 0.2) is 5.58 Å². The minimum absolute atomic E-state index is 0. The smallest absolute Gasteiger partial charge is 0.408 e. The van der Waals surface area contributed by atoms with Crippen molar-refractivity contribution in [2.75, 3.05) is 23.7 Å². The molecule has 0 saturated carbocycles. The summed E-state index contributed by atoms with van der Waals surface area (Å²) in [5.74, 6) is -0.622. The van der Waals surface area contributed by atoms with Crippen LogP contribution in [0.4, 0.5) is 16.2 Å². The van der Waals surface area contributed by atoms with E-state index in [1.54, 1.807) is 51.2 Å². The van der Waals surface area contributed by atoms with Crippen LogP contribution in [-0.2, 0) is 14.3 Å². The lowest BCUT2D eigenvalue weighted by atomic mass is 10.2. The van der Waals surface area contributed by atoms with Crippen LogP contribution in [0.2, 0.25) is 0 Å². The molecule has 0 aromatic carbocycles. The number of anilines is 2. The molecule has 36 heavy (non-hydrogen) atoms. The van der Waals surface area contributed by atoms with E-state index >= 15 is 0 Å². The molecule has 0 unspecified atom stereocenters. The molecule has 0 atom stereocenters. The maximum Gasteiger partial charge on any atom is 0.408 e. The molecule has 0 aliphatic heterocycles. The van der Waals surface area contributed by atoms with E-state index in [2.05, 4.69) is 25.9 Å². The van der Waals surface area contributed by atoms with Crippen LogP contribution in [0, 0.1) is 0 Å². The van der Waals surface area contributed by atoms with Crippen LogP contribution >= 0.6 is 12.4 Å². The lowest BCUT2D eigenvalue weighted by molar-refractivity contribution is -0.116. The summed E-state index contributed by atoms with van der Waals surface area (Å²) in [6.45, 7) is 5.01. The van der Waals surface area contributed by atoms with Gasteiger partial charge in [0.1, 0.15) is 17.7 Å². The van der Waals surface area contributed by atoms with Gasteiger partial charge in [-0.3, -0.25) is 14.6 Å². The van der Waals surface area contributed by atoms with Gasteiger partial charge in [-0.1, -0.05) is 0 Å². The van der Waals surface area contributed by atoms with Crippen molar-refractivity contribution in [1.29, 1.82) is 0 Å². The van der Waals surface area contributed by atoms with Gasteiger partial charge in [-0.25, -0.2) is 9.78 Å². The number of furan rings is 2. The summed E-state index contributed by atoms with van der Waals surface area (Å²) in [5, 5.41) is 8.39. The fourth-order valence-corrected chi connectivity index (χ4v) is 2.82. The molecule has 12 nitrogen and oxygen atoms in total. The molecular weight excluding hydrogens is 492 g/mol. The predicted molar refractivity (Wildman–Crippen MR) is 136 cm³/mol. The van der Waals surface area contributed by atoms with Gasteiger partial charge < -0.3 is 35.3 Å². The molecule has 192 valence electrons. The summed E-state index contributed by atoms with van der Waals surface area (Å²) in [4.78, 5) is 42.4. The fourth-order valence-electron chi connectivity index (χ4n) is 2.82. The number of amides is 3. The van der Waals surface area contributed by atoms with Crippen LogP contribution in [0.3, 0.4) is 0 Å². The first kappa shape index (κ1) is 28.1. The highest BCUT2D eigenvalue weighted by atomic mass is 35.5. The van der Waals surface area contributed by atoms with Gasteiger partial charge in [0.25, 0.3) is 0 Å². The van der Waals surface area contributed by atoms with Gasteiger partial charge in [0.05, 0.1) is 35.8 Å².